The molecule has 2 rings (SSSR count). The molecule has 0 bridgehead atoms. The van der Waals surface area contributed by atoms with Gasteiger partial charge in [-0.3, -0.25) is 4.72 Å². The summed E-state index contributed by atoms with van der Waals surface area (Å²) in [5.41, 5.74) is 5.82. The molecule has 1 heterocycles. The minimum Gasteiger partial charge on any atom is -0.381 e. The van der Waals surface area contributed by atoms with E-state index in [2.05, 4.69) is 25.6 Å². The highest BCUT2D eigenvalue weighted by atomic mass is 79.9. The number of hydrogen-bond acceptors (Lipinski definition) is 4. The molecule has 3 N–H and O–H groups in total. The zero-order valence-corrected chi connectivity index (χ0v) is 12.9. The fraction of sp³-hybridized carbons (Fsp3) is 0.100. The van der Waals surface area contributed by atoms with Crippen LogP contribution < -0.4 is 10.5 Å². The number of sulfonamides is 1. The number of nitrogen functional groups attached to an aromatic ring is 1. The summed E-state index contributed by atoms with van der Waals surface area (Å²) in [5, 5.41) is 0.177. The van der Waals surface area contributed by atoms with Gasteiger partial charge in [0.15, 0.2) is 10.8 Å². The molecule has 0 aliphatic carbocycles. The van der Waals surface area contributed by atoms with Gasteiger partial charge in [0.05, 0.1) is 17.0 Å². The number of nitrogens with one attached hydrogen (secondary N) is 1. The van der Waals surface area contributed by atoms with Crippen molar-refractivity contribution < 1.29 is 8.42 Å². The Bertz CT molecular complexity index is 710. The highest BCUT2D eigenvalue weighted by Gasteiger charge is 2.23. The smallest absolute Gasteiger partial charge is 0.281 e. The highest BCUT2D eigenvalue weighted by Crippen LogP contribution is 2.28. The quantitative estimate of drug-likeness (QED) is 0.872. The molecule has 0 unspecified atom stereocenters. The SMILES string of the molecule is Cn1cnc(N)c1S(=O)(=O)Nc1cc(Br)ccc1Cl. The maximum atomic E-state index is 12.2. The highest BCUT2D eigenvalue weighted by molar-refractivity contribution is 9.10. The third-order valence-corrected chi connectivity index (χ3v) is 4.65. The summed E-state index contributed by atoms with van der Waals surface area (Å²) in [7, 11) is -2.31. The maximum Gasteiger partial charge on any atom is 0.281 e. The fourth-order valence-electron chi connectivity index (χ4n) is 1.53. The number of nitrogens with two attached hydrogens (primary N) is 1. The number of aryl methyl sites for hydroxylation is 1. The molecular weight excluding hydrogens is 356 g/mol. The van der Waals surface area contributed by atoms with E-state index in [0.717, 1.165) is 0 Å². The third kappa shape index (κ3) is 2.85. The predicted octanol–water partition coefficient (Wildman–Crippen LogP) is 2.22. The van der Waals surface area contributed by atoms with Crippen LogP contribution in [0.2, 0.25) is 5.02 Å². The Hall–Kier alpha value is -1.25. The first-order valence-electron chi connectivity index (χ1n) is 5.06. The second-order valence-corrected chi connectivity index (χ2v) is 6.70. The van der Waals surface area contributed by atoms with Crippen LogP contribution in [-0.2, 0) is 17.1 Å². The van der Waals surface area contributed by atoms with Crippen LogP contribution >= 0.6 is 27.5 Å². The summed E-state index contributed by atoms with van der Waals surface area (Å²) >= 11 is 9.19. The molecule has 0 aliphatic heterocycles. The van der Waals surface area contributed by atoms with Crippen molar-refractivity contribution in [2.24, 2.45) is 7.05 Å². The molecule has 102 valence electrons. The van der Waals surface area contributed by atoms with Crippen LogP contribution in [0.1, 0.15) is 0 Å². The number of nitrogens with zero attached hydrogens (tertiary/aromatic N) is 2. The molecule has 0 saturated carbocycles. The second kappa shape index (κ2) is 5.03. The normalized spacial score (nSPS) is 11.5. The standard InChI is InChI=1S/C10H10BrClN4O2S/c1-16-5-14-9(13)10(16)19(17,18)15-8-4-6(11)2-3-7(8)12/h2-5,15H,13H2,1H3. The fourth-order valence-corrected chi connectivity index (χ4v) is 3.42. The van der Waals surface area contributed by atoms with Crippen molar-refractivity contribution in [1.29, 1.82) is 0 Å². The Balaban J connectivity index is 2.45. The number of rotatable bonds is 3. The molecule has 6 nitrogen and oxygen atoms in total. The van der Waals surface area contributed by atoms with Crippen molar-refractivity contribution in [3.8, 4) is 0 Å². The summed E-state index contributed by atoms with van der Waals surface area (Å²) in [4.78, 5) is 3.74. The Morgan fingerprint density at radius 3 is 2.74 bits per heavy atom. The van der Waals surface area contributed by atoms with E-state index in [1.807, 2.05) is 0 Å². The lowest BCUT2D eigenvalue weighted by molar-refractivity contribution is 0.592. The summed E-state index contributed by atoms with van der Waals surface area (Å²) in [6.07, 6.45) is 1.33. The Labute approximate surface area is 123 Å². The van der Waals surface area contributed by atoms with Gasteiger partial charge >= 0.3 is 0 Å². The van der Waals surface area contributed by atoms with Crippen LogP contribution in [0.4, 0.5) is 11.5 Å². The van der Waals surface area contributed by atoms with Crippen LogP contribution in [0, 0.1) is 0 Å². The van der Waals surface area contributed by atoms with Gasteiger partial charge in [-0.2, -0.15) is 8.42 Å². The Morgan fingerprint density at radius 1 is 1.47 bits per heavy atom. The first kappa shape index (κ1) is 14.2. The number of anilines is 2. The topological polar surface area (TPSA) is 90.0 Å². The lowest BCUT2D eigenvalue weighted by Gasteiger charge is -2.10. The van der Waals surface area contributed by atoms with Crippen LogP contribution in [0.15, 0.2) is 34.0 Å². The summed E-state index contributed by atoms with van der Waals surface area (Å²) in [6.45, 7) is 0. The van der Waals surface area contributed by atoms with Crippen molar-refractivity contribution in [3.05, 3.63) is 34.0 Å². The van der Waals surface area contributed by atoms with E-state index in [9.17, 15) is 8.42 Å². The summed E-state index contributed by atoms with van der Waals surface area (Å²) in [5.74, 6) is -0.0684. The first-order valence-corrected chi connectivity index (χ1v) is 7.71. The average Bonchev–Trinajstić information content (AvgIpc) is 2.64. The number of aromatic nitrogens is 2. The zero-order valence-electron chi connectivity index (χ0n) is 9.76. The molecule has 0 amide bonds. The number of benzene rings is 1. The summed E-state index contributed by atoms with van der Waals surface area (Å²) < 4.78 is 28.9. The second-order valence-electron chi connectivity index (χ2n) is 3.78. The van der Waals surface area contributed by atoms with Gasteiger partial charge in [-0.15, -0.1) is 0 Å². The molecular formula is C10H10BrClN4O2S. The van der Waals surface area contributed by atoms with Crippen LogP contribution in [0.3, 0.4) is 0 Å². The van der Waals surface area contributed by atoms with E-state index >= 15 is 0 Å². The van der Waals surface area contributed by atoms with E-state index in [1.54, 1.807) is 25.2 Å². The molecule has 1 aromatic heterocycles. The molecule has 0 aliphatic rings. The summed E-state index contributed by atoms with van der Waals surface area (Å²) in [6, 6.07) is 4.85. The molecule has 0 radical (unpaired) electrons. The minimum absolute atomic E-state index is 0.0684. The predicted molar refractivity (Wildman–Crippen MR) is 77.6 cm³/mol. The van der Waals surface area contributed by atoms with E-state index in [-0.39, 0.29) is 21.6 Å². The van der Waals surface area contributed by atoms with Crippen molar-refractivity contribution in [2.75, 3.05) is 10.5 Å². The van der Waals surface area contributed by atoms with Gasteiger partial charge in [-0.1, -0.05) is 27.5 Å². The monoisotopic (exact) mass is 364 g/mol. The lowest BCUT2D eigenvalue weighted by Crippen LogP contribution is -2.17. The first-order chi connectivity index (χ1) is 8.81. The number of imidazole rings is 1. The molecule has 0 fully saturated rings. The number of halogens is 2. The molecule has 0 spiro atoms. The van der Waals surface area contributed by atoms with Gasteiger partial charge in [-0.25, -0.2) is 4.98 Å². The molecule has 9 heteroatoms. The third-order valence-electron chi connectivity index (χ3n) is 2.34. The largest absolute Gasteiger partial charge is 0.381 e. The van der Waals surface area contributed by atoms with Crippen LogP contribution in [-0.4, -0.2) is 18.0 Å². The Morgan fingerprint density at radius 2 is 2.16 bits per heavy atom. The van der Waals surface area contributed by atoms with Gasteiger partial charge in [0.25, 0.3) is 10.0 Å². The minimum atomic E-state index is -3.85. The maximum absolute atomic E-state index is 12.2. The van der Waals surface area contributed by atoms with Gasteiger partial charge < -0.3 is 10.3 Å². The van der Waals surface area contributed by atoms with Gasteiger partial charge in [0.1, 0.15) is 0 Å². The number of hydrogen-bond donors (Lipinski definition) is 2. The van der Waals surface area contributed by atoms with E-state index in [4.69, 9.17) is 17.3 Å². The van der Waals surface area contributed by atoms with Crippen molar-refractivity contribution >= 4 is 49.1 Å². The van der Waals surface area contributed by atoms with Gasteiger partial charge in [0, 0.05) is 11.5 Å². The molecule has 2 aromatic rings. The molecule has 0 atom stereocenters. The van der Waals surface area contributed by atoms with Crippen LogP contribution in [0.25, 0.3) is 0 Å². The van der Waals surface area contributed by atoms with Crippen molar-refractivity contribution in [3.63, 3.8) is 0 Å². The lowest BCUT2D eigenvalue weighted by atomic mass is 10.3. The zero-order chi connectivity index (χ0) is 14.2. The van der Waals surface area contributed by atoms with E-state index in [1.165, 1.54) is 10.9 Å². The molecule has 0 saturated heterocycles. The molecule has 1 aromatic carbocycles. The van der Waals surface area contributed by atoms with Crippen molar-refractivity contribution in [2.45, 2.75) is 5.03 Å². The van der Waals surface area contributed by atoms with Gasteiger partial charge in [-0.05, 0) is 18.2 Å². The average molecular weight is 366 g/mol. The Kier molecular flexibility index (Phi) is 3.75. The van der Waals surface area contributed by atoms with Gasteiger partial charge in [0.2, 0.25) is 0 Å². The van der Waals surface area contributed by atoms with Crippen LogP contribution in [0.5, 0.6) is 0 Å². The van der Waals surface area contributed by atoms with Crippen molar-refractivity contribution in [1.82, 2.24) is 9.55 Å². The van der Waals surface area contributed by atoms with E-state index < -0.39 is 10.0 Å². The molecule has 19 heavy (non-hydrogen) atoms. The van der Waals surface area contributed by atoms with E-state index in [0.29, 0.717) is 4.47 Å².